The molecule has 4 heteroatoms. The topological polar surface area (TPSA) is 28.5 Å². The van der Waals surface area contributed by atoms with Crippen molar-refractivity contribution < 1.29 is 25.0 Å². The van der Waals surface area contributed by atoms with Gasteiger partial charge in [-0.1, -0.05) is 0 Å². The Bertz CT molecular complexity index is 8.00. The second-order valence-corrected chi connectivity index (χ2v) is 0. The maximum absolute atomic E-state index is 0. The summed E-state index contributed by atoms with van der Waals surface area (Å²) in [6, 6.07) is 0. The minimum absolute atomic E-state index is 0. The third kappa shape index (κ3) is 8.87. The van der Waals surface area contributed by atoms with Crippen LogP contribution in [0.25, 0.3) is 0 Å². The van der Waals surface area contributed by atoms with Gasteiger partial charge in [0.05, 0.1) is 0 Å². The monoisotopic (exact) mass is 315 g/mol. The van der Waals surface area contributed by atoms with Gasteiger partial charge in [0.1, 0.15) is 0 Å². The largest absolute Gasteiger partial charge is 2.00 e. The molecule has 0 saturated carbocycles. The third-order valence-corrected chi connectivity index (χ3v) is 0. The molecule has 0 atom stereocenters. The zero-order chi connectivity index (χ0) is 0. The minimum atomic E-state index is 0. The summed E-state index contributed by atoms with van der Waals surface area (Å²) < 4.78 is 0. The van der Waals surface area contributed by atoms with E-state index in [1.54, 1.807) is 0 Å². The Morgan fingerprint density at radius 2 is 1.00 bits per heavy atom. The van der Waals surface area contributed by atoms with E-state index in [1.165, 1.54) is 0 Å². The van der Waals surface area contributed by atoms with E-state index < -0.39 is 0 Å². The van der Waals surface area contributed by atoms with Crippen molar-refractivity contribution in [1.82, 2.24) is 0 Å². The van der Waals surface area contributed by atoms with Crippen molar-refractivity contribution in [1.29, 1.82) is 0 Å². The molecular formula is InOSnZn. The standard InChI is InChI=1S/In.O.Sn.Zn/q;-2;;+2. The summed E-state index contributed by atoms with van der Waals surface area (Å²) in [5, 5.41) is 0. The van der Waals surface area contributed by atoms with Crippen LogP contribution in [0, 0.1) is 0 Å². The van der Waals surface area contributed by atoms with Gasteiger partial charge in [-0.3, -0.25) is 0 Å². The van der Waals surface area contributed by atoms with Crippen LogP contribution in [0.2, 0.25) is 0 Å². The first-order valence-electron chi connectivity index (χ1n) is 0. The van der Waals surface area contributed by atoms with Crippen LogP contribution in [-0.4, -0.2) is 49.8 Å². The molecule has 4 heavy (non-hydrogen) atoms. The first kappa shape index (κ1) is 34.0. The molecular weight excluding hydrogens is 315 g/mol. The zero-order valence-corrected chi connectivity index (χ0v) is 11.3. The van der Waals surface area contributed by atoms with Crippen LogP contribution in [0.3, 0.4) is 0 Å². The predicted octanol–water partition coefficient (Wildman–Crippen LogP) is -0.883. The van der Waals surface area contributed by atoms with Crippen LogP contribution < -0.4 is 0 Å². The van der Waals surface area contributed by atoms with E-state index in [0.717, 1.165) is 0 Å². The Morgan fingerprint density at radius 1 is 1.00 bits per heavy atom. The van der Waals surface area contributed by atoms with Crippen LogP contribution in [0.15, 0.2) is 0 Å². The van der Waals surface area contributed by atoms with Gasteiger partial charge in [0, 0.05) is 49.8 Å². The van der Waals surface area contributed by atoms with E-state index in [2.05, 4.69) is 0 Å². The summed E-state index contributed by atoms with van der Waals surface area (Å²) >= 11 is 0. The Balaban J connectivity index is 0. The summed E-state index contributed by atoms with van der Waals surface area (Å²) in [4.78, 5) is 0. The minimum Gasteiger partial charge on any atom is -2.00 e. The SMILES string of the molecule is [In].[O-2].[Sn].[Zn+2]. The smallest absolute Gasteiger partial charge is 2.00 e. The Labute approximate surface area is 73.7 Å². The zero-order valence-electron chi connectivity index (χ0n) is 2.19. The molecule has 0 unspecified atom stereocenters. The Kier molecular flexibility index (Phi) is 159. The number of hydrogen-bond donors (Lipinski definition) is 0. The fourth-order valence-corrected chi connectivity index (χ4v) is 0. The van der Waals surface area contributed by atoms with Gasteiger partial charge in [-0.15, -0.1) is 0 Å². The van der Waals surface area contributed by atoms with E-state index in [-0.39, 0.29) is 74.7 Å². The molecule has 0 rings (SSSR count). The predicted molar refractivity (Wildman–Crippen MR) is 12.2 cm³/mol. The summed E-state index contributed by atoms with van der Waals surface area (Å²) in [5.41, 5.74) is 0. The molecule has 7 radical (unpaired) electrons. The van der Waals surface area contributed by atoms with Gasteiger partial charge in [-0.2, -0.15) is 0 Å². The van der Waals surface area contributed by atoms with E-state index in [9.17, 15) is 0 Å². The normalized spacial score (nSPS) is 0. The van der Waals surface area contributed by atoms with Crippen molar-refractivity contribution in [3.8, 4) is 0 Å². The summed E-state index contributed by atoms with van der Waals surface area (Å²) in [7, 11) is 0. The van der Waals surface area contributed by atoms with Crippen molar-refractivity contribution in [2.75, 3.05) is 0 Å². The maximum Gasteiger partial charge on any atom is 2.00 e. The molecule has 0 aromatic rings. The van der Waals surface area contributed by atoms with Gasteiger partial charge in [0.25, 0.3) is 0 Å². The fourth-order valence-electron chi connectivity index (χ4n) is 0. The van der Waals surface area contributed by atoms with Crippen molar-refractivity contribution in [3.63, 3.8) is 0 Å². The average molecular weight is 315 g/mol. The molecule has 0 aliphatic rings. The van der Waals surface area contributed by atoms with Crippen LogP contribution in [-0.2, 0) is 25.0 Å². The molecule has 0 fully saturated rings. The second-order valence-electron chi connectivity index (χ2n) is 0. The quantitative estimate of drug-likeness (QED) is 0.520. The molecule has 0 aromatic carbocycles. The summed E-state index contributed by atoms with van der Waals surface area (Å²) in [6.45, 7) is 0. The average Bonchev–Trinajstić information content (AvgIpc) is 0. The molecule has 0 N–H and O–H groups in total. The Morgan fingerprint density at radius 3 is 1.00 bits per heavy atom. The summed E-state index contributed by atoms with van der Waals surface area (Å²) in [5.74, 6) is 0. The first-order chi connectivity index (χ1) is 0. The van der Waals surface area contributed by atoms with Crippen molar-refractivity contribution in [3.05, 3.63) is 0 Å². The van der Waals surface area contributed by atoms with Gasteiger partial charge >= 0.3 is 19.5 Å². The van der Waals surface area contributed by atoms with Crippen molar-refractivity contribution >= 4 is 49.8 Å². The molecule has 15 valence electrons. The molecule has 0 bridgehead atoms. The van der Waals surface area contributed by atoms with Crippen LogP contribution in [0.1, 0.15) is 0 Å². The molecule has 0 aliphatic carbocycles. The number of rotatable bonds is 0. The molecule has 0 aliphatic heterocycles. The van der Waals surface area contributed by atoms with E-state index in [4.69, 9.17) is 0 Å². The van der Waals surface area contributed by atoms with Crippen LogP contribution in [0.4, 0.5) is 0 Å². The van der Waals surface area contributed by atoms with Gasteiger partial charge < -0.3 is 5.48 Å². The Hall–Kier alpha value is 2.25. The van der Waals surface area contributed by atoms with E-state index in [0.29, 0.717) is 0 Å². The third-order valence-electron chi connectivity index (χ3n) is 0. The van der Waals surface area contributed by atoms with Crippen molar-refractivity contribution in [2.24, 2.45) is 0 Å². The first-order valence-corrected chi connectivity index (χ1v) is 0. The van der Waals surface area contributed by atoms with Crippen molar-refractivity contribution in [2.45, 2.75) is 0 Å². The van der Waals surface area contributed by atoms with Gasteiger partial charge in [-0.25, -0.2) is 0 Å². The van der Waals surface area contributed by atoms with E-state index >= 15 is 0 Å². The summed E-state index contributed by atoms with van der Waals surface area (Å²) in [6.07, 6.45) is 0. The molecule has 0 saturated heterocycles. The van der Waals surface area contributed by atoms with Crippen LogP contribution >= 0.6 is 0 Å². The molecule has 1 nitrogen and oxygen atoms in total. The fraction of sp³-hybridized carbons (Fsp3) is 0. The van der Waals surface area contributed by atoms with Crippen LogP contribution in [0.5, 0.6) is 0 Å². The molecule has 0 spiro atoms. The molecule has 0 heterocycles. The molecule has 0 aromatic heterocycles. The van der Waals surface area contributed by atoms with Gasteiger partial charge in [0.2, 0.25) is 0 Å². The maximum atomic E-state index is 0. The number of hydrogen-bond acceptors (Lipinski definition) is 0. The van der Waals surface area contributed by atoms with E-state index in [1.807, 2.05) is 0 Å². The molecule has 0 amide bonds. The van der Waals surface area contributed by atoms with Gasteiger partial charge in [0.15, 0.2) is 0 Å². The second kappa shape index (κ2) is 18.7. The van der Waals surface area contributed by atoms with Gasteiger partial charge in [-0.05, 0) is 0 Å².